The summed E-state index contributed by atoms with van der Waals surface area (Å²) in [6.45, 7) is 7.80. The molecule has 1 N–H and O–H groups in total. The van der Waals surface area contributed by atoms with E-state index in [1.807, 2.05) is 6.07 Å². The number of para-hydroxylation sites is 1. The van der Waals surface area contributed by atoms with Gasteiger partial charge in [-0.1, -0.05) is 48.5 Å². The van der Waals surface area contributed by atoms with Crippen LogP contribution in [0.25, 0.3) is 27.8 Å². The molecule has 0 bridgehead atoms. The Balaban J connectivity index is 1.49. The van der Waals surface area contributed by atoms with E-state index in [1.54, 1.807) is 6.33 Å². The van der Waals surface area contributed by atoms with Gasteiger partial charge in [0.1, 0.15) is 12.1 Å². The Labute approximate surface area is 188 Å². The van der Waals surface area contributed by atoms with Crippen molar-refractivity contribution in [2.75, 3.05) is 44.7 Å². The van der Waals surface area contributed by atoms with E-state index in [2.05, 4.69) is 81.4 Å². The zero-order valence-corrected chi connectivity index (χ0v) is 18.5. The summed E-state index contributed by atoms with van der Waals surface area (Å²) < 4.78 is 7.64. The molecule has 0 radical (unpaired) electrons. The number of hydrogen-bond acceptors (Lipinski definition) is 5. The molecule has 5 rings (SSSR count). The Hall–Kier alpha value is -3.22. The van der Waals surface area contributed by atoms with Gasteiger partial charge in [0.15, 0.2) is 5.65 Å². The highest BCUT2D eigenvalue weighted by molar-refractivity contribution is 6.02. The molecule has 1 fully saturated rings. The predicted octanol–water partition coefficient (Wildman–Crippen LogP) is 4.53. The standard InChI is InChI=1S/C26H29N5O/c1-20-8-5-6-11-23(20)31-18-22(21-9-3-2-4-10-21)24-25(28-19-29-26(24)31)27-12-7-13-30-14-16-32-17-15-30/h2-6,8-11,18-19H,7,12-17H2,1H3,(H,27,28,29). The molecule has 0 atom stereocenters. The van der Waals surface area contributed by atoms with E-state index in [-0.39, 0.29) is 0 Å². The lowest BCUT2D eigenvalue weighted by Gasteiger charge is -2.26. The van der Waals surface area contributed by atoms with E-state index in [4.69, 9.17) is 9.72 Å². The average molecular weight is 428 g/mol. The van der Waals surface area contributed by atoms with Gasteiger partial charge in [0.25, 0.3) is 0 Å². The summed E-state index contributed by atoms with van der Waals surface area (Å²) in [6.07, 6.45) is 4.91. The van der Waals surface area contributed by atoms with Crippen LogP contribution in [0.15, 0.2) is 67.1 Å². The van der Waals surface area contributed by atoms with E-state index in [0.717, 1.165) is 79.5 Å². The third kappa shape index (κ3) is 4.24. The Bertz CT molecular complexity index is 1180. The molecule has 0 saturated carbocycles. The van der Waals surface area contributed by atoms with Crippen molar-refractivity contribution < 1.29 is 4.74 Å². The number of benzene rings is 2. The van der Waals surface area contributed by atoms with Gasteiger partial charge < -0.3 is 14.6 Å². The third-order valence-electron chi connectivity index (χ3n) is 6.09. The first-order valence-electron chi connectivity index (χ1n) is 11.3. The largest absolute Gasteiger partial charge is 0.379 e. The summed E-state index contributed by atoms with van der Waals surface area (Å²) in [6, 6.07) is 18.9. The summed E-state index contributed by atoms with van der Waals surface area (Å²) in [4.78, 5) is 11.8. The van der Waals surface area contributed by atoms with Gasteiger partial charge in [0, 0.05) is 37.1 Å². The molecule has 6 heteroatoms. The number of fused-ring (bicyclic) bond motifs is 1. The zero-order valence-electron chi connectivity index (χ0n) is 18.5. The number of nitrogens with one attached hydrogen (secondary N) is 1. The first-order valence-corrected chi connectivity index (χ1v) is 11.3. The first kappa shape index (κ1) is 20.7. The van der Waals surface area contributed by atoms with Crippen molar-refractivity contribution in [1.29, 1.82) is 0 Å². The van der Waals surface area contributed by atoms with Gasteiger partial charge in [-0.2, -0.15) is 0 Å². The predicted molar refractivity (Wildman–Crippen MR) is 129 cm³/mol. The van der Waals surface area contributed by atoms with Crippen LogP contribution in [-0.4, -0.2) is 58.8 Å². The van der Waals surface area contributed by atoms with Crippen LogP contribution in [0.2, 0.25) is 0 Å². The van der Waals surface area contributed by atoms with E-state index < -0.39 is 0 Å². The molecule has 3 heterocycles. The van der Waals surface area contributed by atoms with Gasteiger partial charge in [0.2, 0.25) is 0 Å². The smallest absolute Gasteiger partial charge is 0.150 e. The van der Waals surface area contributed by atoms with Crippen LogP contribution in [0, 0.1) is 6.92 Å². The molecule has 4 aromatic rings. The van der Waals surface area contributed by atoms with Crippen molar-refractivity contribution in [2.24, 2.45) is 0 Å². The van der Waals surface area contributed by atoms with Gasteiger partial charge in [-0.05, 0) is 37.1 Å². The van der Waals surface area contributed by atoms with Crippen LogP contribution in [0.3, 0.4) is 0 Å². The lowest BCUT2D eigenvalue weighted by molar-refractivity contribution is 0.0378. The highest BCUT2D eigenvalue weighted by atomic mass is 16.5. The van der Waals surface area contributed by atoms with Crippen LogP contribution < -0.4 is 5.32 Å². The van der Waals surface area contributed by atoms with Crippen molar-refractivity contribution in [3.05, 3.63) is 72.7 Å². The second-order valence-electron chi connectivity index (χ2n) is 8.22. The molecule has 32 heavy (non-hydrogen) atoms. The van der Waals surface area contributed by atoms with E-state index >= 15 is 0 Å². The molecule has 0 aliphatic carbocycles. The number of aryl methyl sites for hydroxylation is 1. The molecule has 2 aromatic carbocycles. The molecular formula is C26H29N5O. The summed E-state index contributed by atoms with van der Waals surface area (Å²) >= 11 is 0. The average Bonchev–Trinajstić information content (AvgIpc) is 3.24. The highest BCUT2D eigenvalue weighted by Gasteiger charge is 2.18. The van der Waals surface area contributed by atoms with Gasteiger partial charge in [0.05, 0.1) is 18.6 Å². The van der Waals surface area contributed by atoms with Crippen LogP contribution in [0.1, 0.15) is 12.0 Å². The third-order valence-corrected chi connectivity index (χ3v) is 6.09. The molecule has 0 spiro atoms. The first-order chi connectivity index (χ1) is 15.8. The zero-order chi connectivity index (χ0) is 21.8. The monoisotopic (exact) mass is 427 g/mol. The molecule has 2 aromatic heterocycles. The highest BCUT2D eigenvalue weighted by Crippen LogP contribution is 2.35. The van der Waals surface area contributed by atoms with E-state index in [1.165, 1.54) is 5.56 Å². The number of hydrogen-bond donors (Lipinski definition) is 1. The van der Waals surface area contributed by atoms with Crippen molar-refractivity contribution in [2.45, 2.75) is 13.3 Å². The lowest BCUT2D eigenvalue weighted by atomic mass is 10.1. The maximum atomic E-state index is 5.45. The molecule has 1 saturated heterocycles. The maximum Gasteiger partial charge on any atom is 0.150 e. The van der Waals surface area contributed by atoms with Gasteiger partial charge >= 0.3 is 0 Å². The minimum atomic E-state index is 0.840. The van der Waals surface area contributed by atoms with Crippen LogP contribution in [-0.2, 0) is 4.74 Å². The minimum Gasteiger partial charge on any atom is -0.379 e. The number of nitrogens with zero attached hydrogens (tertiary/aromatic N) is 4. The SMILES string of the molecule is Cc1ccccc1-n1cc(-c2ccccc2)c2c(NCCCN3CCOCC3)ncnc21. The fourth-order valence-electron chi connectivity index (χ4n) is 4.38. The molecule has 164 valence electrons. The Kier molecular flexibility index (Phi) is 6.14. The number of morpholine rings is 1. The number of rotatable bonds is 7. The number of anilines is 1. The molecule has 1 aliphatic rings. The molecule has 6 nitrogen and oxygen atoms in total. The molecule has 0 unspecified atom stereocenters. The van der Waals surface area contributed by atoms with Crippen molar-refractivity contribution in [1.82, 2.24) is 19.4 Å². The van der Waals surface area contributed by atoms with Crippen LogP contribution in [0.5, 0.6) is 0 Å². The molecular weight excluding hydrogens is 398 g/mol. The maximum absolute atomic E-state index is 5.45. The number of aromatic nitrogens is 3. The Morgan fingerprint density at radius 3 is 2.56 bits per heavy atom. The van der Waals surface area contributed by atoms with Gasteiger partial charge in [-0.15, -0.1) is 0 Å². The van der Waals surface area contributed by atoms with Crippen LogP contribution >= 0.6 is 0 Å². The fourth-order valence-corrected chi connectivity index (χ4v) is 4.38. The minimum absolute atomic E-state index is 0.840. The van der Waals surface area contributed by atoms with Crippen LogP contribution in [0.4, 0.5) is 5.82 Å². The normalized spacial score (nSPS) is 14.7. The topological polar surface area (TPSA) is 55.2 Å². The second kappa shape index (κ2) is 9.51. The van der Waals surface area contributed by atoms with Gasteiger partial charge in [-0.3, -0.25) is 4.90 Å². The molecule has 0 amide bonds. The Morgan fingerprint density at radius 2 is 1.75 bits per heavy atom. The Morgan fingerprint density at radius 1 is 0.969 bits per heavy atom. The summed E-state index contributed by atoms with van der Waals surface area (Å²) in [5.41, 5.74) is 5.57. The van der Waals surface area contributed by atoms with E-state index in [9.17, 15) is 0 Å². The molecule has 1 aliphatic heterocycles. The van der Waals surface area contributed by atoms with Gasteiger partial charge in [-0.25, -0.2) is 9.97 Å². The summed E-state index contributed by atoms with van der Waals surface area (Å²) in [5, 5.41) is 4.66. The summed E-state index contributed by atoms with van der Waals surface area (Å²) in [7, 11) is 0. The van der Waals surface area contributed by atoms with Crippen molar-refractivity contribution in [3.8, 4) is 16.8 Å². The number of ether oxygens (including phenoxy) is 1. The van der Waals surface area contributed by atoms with Crippen molar-refractivity contribution in [3.63, 3.8) is 0 Å². The lowest BCUT2D eigenvalue weighted by Crippen LogP contribution is -2.37. The summed E-state index contributed by atoms with van der Waals surface area (Å²) in [5.74, 6) is 0.892. The fraction of sp³-hybridized carbons (Fsp3) is 0.308. The second-order valence-corrected chi connectivity index (χ2v) is 8.22. The van der Waals surface area contributed by atoms with E-state index in [0.29, 0.717) is 0 Å². The quantitative estimate of drug-likeness (QED) is 0.439. The van der Waals surface area contributed by atoms with Crippen molar-refractivity contribution >= 4 is 16.9 Å².